The predicted molar refractivity (Wildman–Crippen MR) is 90.4 cm³/mol. The fourth-order valence-corrected chi connectivity index (χ4v) is 2.94. The van der Waals surface area contributed by atoms with Crippen LogP contribution in [0, 0.1) is 5.82 Å². The van der Waals surface area contributed by atoms with E-state index in [2.05, 4.69) is 28.2 Å². The molecule has 1 rings (SSSR count). The second-order valence-electron chi connectivity index (χ2n) is 5.41. The summed E-state index contributed by atoms with van der Waals surface area (Å²) in [7, 11) is 3.53. The van der Waals surface area contributed by atoms with Crippen LogP contribution >= 0.6 is 15.9 Å². The van der Waals surface area contributed by atoms with Crippen molar-refractivity contribution in [2.24, 2.45) is 0 Å². The summed E-state index contributed by atoms with van der Waals surface area (Å²) in [6.45, 7) is 2.23. The van der Waals surface area contributed by atoms with E-state index < -0.39 is 0 Å². The molecule has 0 saturated heterocycles. The molecular formula is C17H27BrFNO. The molecule has 1 aromatic rings. The maximum absolute atomic E-state index is 13.6. The number of methoxy groups -OCH3 is 1. The molecule has 1 N–H and O–H groups in total. The molecule has 0 spiro atoms. The number of rotatable bonds is 10. The first-order chi connectivity index (χ1) is 10.1. The number of nitrogens with one attached hydrogen (secondary N) is 1. The van der Waals surface area contributed by atoms with Gasteiger partial charge < -0.3 is 10.1 Å². The lowest BCUT2D eigenvalue weighted by Gasteiger charge is -2.20. The number of hydrogen-bond donors (Lipinski definition) is 1. The molecule has 0 saturated carbocycles. The smallest absolute Gasteiger partial charge is 0.141 e. The number of benzene rings is 1. The first-order valence-corrected chi connectivity index (χ1v) is 8.63. The summed E-state index contributed by atoms with van der Waals surface area (Å²) in [5, 5.41) is 3.32. The molecule has 0 fully saturated rings. The zero-order valence-corrected chi connectivity index (χ0v) is 14.9. The lowest BCUT2D eigenvalue weighted by molar-refractivity contribution is 0.392. The van der Waals surface area contributed by atoms with Crippen molar-refractivity contribution < 1.29 is 9.13 Å². The van der Waals surface area contributed by atoms with Gasteiger partial charge >= 0.3 is 0 Å². The average Bonchev–Trinajstić information content (AvgIpc) is 2.49. The Labute approximate surface area is 136 Å². The van der Waals surface area contributed by atoms with Crippen LogP contribution in [-0.2, 0) is 0 Å². The molecule has 4 heteroatoms. The van der Waals surface area contributed by atoms with Gasteiger partial charge in [-0.3, -0.25) is 0 Å². The van der Waals surface area contributed by atoms with Crippen LogP contribution in [0.5, 0.6) is 5.75 Å². The molecule has 21 heavy (non-hydrogen) atoms. The van der Waals surface area contributed by atoms with Crippen molar-refractivity contribution in [3.8, 4) is 5.75 Å². The fourth-order valence-electron chi connectivity index (χ4n) is 2.58. The van der Waals surface area contributed by atoms with Crippen LogP contribution in [0.25, 0.3) is 0 Å². The van der Waals surface area contributed by atoms with Gasteiger partial charge in [-0.1, -0.05) is 45.4 Å². The van der Waals surface area contributed by atoms with Crippen LogP contribution in [0.15, 0.2) is 16.6 Å². The van der Waals surface area contributed by atoms with Crippen molar-refractivity contribution in [2.75, 3.05) is 14.2 Å². The van der Waals surface area contributed by atoms with Crippen LogP contribution in [0.2, 0.25) is 0 Å². The van der Waals surface area contributed by atoms with Crippen LogP contribution < -0.4 is 10.1 Å². The monoisotopic (exact) mass is 359 g/mol. The number of ether oxygens (including phenoxy) is 1. The van der Waals surface area contributed by atoms with E-state index in [4.69, 9.17) is 4.74 Å². The maximum Gasteiger partial charge on any atom is 0.141 e. The Bertz CT molecular complexity index is 425. The maximum atomic E-state index is 13.6. The number of unbranched alkanes of at least 4 members (excludes halogenated alkanes) is 5. The summed E-state index contributed by atoms with van der Waals surface area (Å²) >= 11 is 3.26. The second-order valence-corrected chi connectivity index (χ2v) is 6.26. The topological polar surface area (TPSA) is 21.3 Å². The fraction of sp³-hybridized carbons (Fsp3) is 0.647. The first kappa shape index (κ1) is 18.4. The minimum atomic E-state index is -0.287. The molecule has 0 amide bonds. The van der Waals surface area contributed by atoms with E-state index in [9.17, 15) is 4.39 Å². The zero-order valence-electron chi connectivity index (χ0n) is 13.3. The van der Waals surface area contributed by atoms with Gasteiger partial charge in [0.25, 0.3) is 0 Å². The molecule has 120 valence electrons. The SMILES string of the molecule is CCCCCCCCC(NC)c1cc(Br)c(F)cc1OC. The summed E-state index contributed by atoms with van der Waals surface area (Å²) in [6.07, 6.45) is 8.70. The minimum Gasteiger partial charge on any atom is -0.496 e. The van der Waals surface area contributed by atoms with Gasteiger partial charge in [-0.05, 0) is 35.5 Å². The highest BCUT2D eigenvalue weighted by molar-refractivity contribution is 9.10. The van der Waals surface area contributed by atoms with Crippen molar-refractivity contribution in [3.05, 3.63) is 28.0 Å². The van der Waals surface area contributed by atoms with Crippen LogP contribution in [0.4, 0.5) is 4.39 Å². The predicted octanol–water partition coefficient (Wildman–Crippen LogP) is 5.61. The molecular weight excluding hydrogens is 333 g/mol. The van der Waals surface area contributed by atoms with Crippen molar-refractivity contribution in [1.82, 2.24) is 5.32 Å². The van der Waals surface area contributed by atoms with Gasteiger partial charge in [0.15, 0.2) is 0 Å². The standard InChI is InChI=1S/C17H27BrFNO/c1-4-5-6-7-8-9-10-16(20-2)13-11-14(18)15(19)12-17(13)21-3/h11-12,16,20H,4-10H2,1-3H3. The zero-order chi connectivity index (χ0) is 15.7. The van der Waals surface area contributed by atoms with Crippen molar-refractivity contribution in [1.29, 1.82) is 0 Å². The third-order valence-electron chi connectivity index (χ3n) is 3.84. The quantitative estimate of drug-likeness (QED) is 0.548. The summed E-state index contributed by atoms with van der Waals surface area (Å²) in [5.74, 6) is 0.325. The molecule has 1 atom stereocenters. The average molecular weight is 360 g/mol. The highest BCUT2D eigenvalue weighted by atomic mass is 79.9. The molecule has 0 aliphatic carbocycles. The normalized spacial score (nSPS) is 12.4. The van der Waals surface area contributed by atoms with E-state index in [0.717, 1.165) is 12.0 Å². The largest absolute Gasteiger partial charge is 0.496 e. The Morgan fingerprint density at radius 3 is 2.48 bits per heavy atom. The molecule has 2 nitrogen and oxygen atoms in total. The van der Waals surface area contributed by atoms with Crippen LogP contribution in [0.1, 0.15) is 63.5 Å². The van der Waals surface area contributed by atoms with E-state index in [0.29, 0.717) is 10.2 Å². The molecule has 0 radical (unpaired) electrons. The summed E-state index contributed by atoms with van der Waals surface area (Å²) in [4.78, 5) is 0. The Kier molecular flexibility index (Phi) is 8.93. The van der Waals surface area contributed by atoms with Crippen molar-refractivity contribution >= 4 is 15.9 Å². The molecule has 0 bridgehead atoms. The minimum absolute atomic E-state index is 0.197. The number of hydrogen-bond acceptors (Lipinski definition) is 2. The van der Waals surface area contributed by atoms with Gasteiger partial charge in [0.1, 0.15) is 11.6 Å². The Morgan fingerprint density at radius 1 is 1.19 bits per heavy atom. The Morgan fingerprint density at radius 2 is 1.86 bits per heavy atom. The van der Waals surface area contributed by atoms with E-state index in [-0.39, 0.29) is 11.9 Å². The lowest BCUT2D eigenvalue weighted by Crippen LogP contribution is -2.17. The van der Waals surface area contributed by atoms with Gasteiger partial charge in [-0.25, -0.2) is 4.39 Å². The van der Waals surface area contributed by atoms with Crippen molar-refractivity contribution in [3.63, 3.8) is 0 Å². The molecule has 0 aromatic heterocycles. The summed E-state index contributed by atoms with van der Waals surface area (Å²) < 4.78 is 19.4. The lowest BCUT2D eigenvalue weighted by atomic mass is 9.98. The van der Waals surface area contributed by atoms with Gasteiger partial charge in [-0.15, -0.1) is 0 Å². The third kappa shape index (κ3) is 5.95. The molecule has 0 heterocycles. The van der Waals surface area contributed by atoms with E-state index in [1.807, 2.05) is 13.1 Å². The Hall–Kier alpha value is -0.610. The summed E-state index contributed by atoms with van der Waals surface area (Å²) in [6, 6.07) is 3.47. The van der Waals surface area contributed by atoms with E-state index in [1.54, 1.807) is 7.11 Å². The highest BCUT2D eigenvalue weighted by Crippen LogP contribution is 2.33. The van der Waals surface area contributed by atoms with Crippen LogP contribution in [-0.4, -0.2) is 14.2 Å². The van der Waals surface area contributed by atoms with Gasteiger partial charge in [-0.2, -0.15) is 0 Å². The van der Waals surface area contributed by atoms with Gasteiger partial charge in [0, 0.05) is 17.7 Å². The van der Waals surface area contributed by atoms with Gasteiger partial charge in [0.2, 0.25) is 0 Å². The Balaban J connectivity index is 2.61. The molecule has 0 aliphatic rings. The third-order valence-corrected chi connectivity index (χ3v) is 4.45. The van der Waals surface area contributed by atoms with Crippen LogP contribution in [0.3, 0.4) is 0 Å². The van der Waals surface area contributed by atoms with Gasteiger partial charge in [0.05, 0.1) is 11.6 Å². The van der Waals surface area contributed by atoms with E-state index in [1.165, 1.54) is 44.6 Å². The van der Waals surface area contributed by atoms with E-state index >= 15 is 0 Å². The molecule has 1 unspecified atom stereocenters. The highest BCUT2D eigenvalue weighted by Gasteiger charge is 2.17. The summed E-state index contributed by atoms with van der Waals surface area (Å²) in [5.41, 5.74) is 1.02. The molecule has 1 aromatic carbocycles. The van der Waals surface area contributed by atoms with Crippen molar-refractivity contribution in [2.45, 2.75) is 57.9 Å². The first-order valence-electron chi connectivity index (χ1n) is 7.84. The second kappa shape index (κ2) is 10.2. The molecule has 0 aliphatic heterocycles. The number of halogens is 2.